The molecule has 2 aliphatic heterocycles. The minimum Gasteiger partial charge on any atom is -0.328 e. The standard InChI is InChI=1S/C14H14N2O4/c1-14(7-4-8-15-14)13(19)20-16-11(17)9-5-2-3-6-10(9)12(16)18/h2-3,5-6,15H,4,7-8H2,1H3. The number of hydrogen-bond donors (Lipinski definition) is 1. The zero-order valence-corrected chi connectivity index (χ0v) is 11.0. The normalized spacial score (nSPS) is 24.9. The summed E-state index contributed by atoms with van der Waals surface area (Å²) in [4.78, 5) is 41.3. The molecule has 0 aromatic heterocycles. The minimum absolute atomic E-state index is 0.259. The van der Waals surface area contributed by atoms with E-state index in [1.54, 1.807) is 31.2 Å². The van der Waals surface area contributed by atoms with Gasteiger partial charge in [0.2, 0.25) is 0 Å². The van der Waals surface area contributed by atoms with Crippen LogP contribution in [0.2, 0.25) is 0 Å². The highest BCUT2D eigenvalue weighted by Crippen LogP contribution is 2.26. The van der Waals surface area contributed by atoms with Crippen LogP contribution >= 0.6 is 0 Å². The molecular formula is C14H14N2O4. The van der Waals surface area contributed by atoms with Crippen molar-refractivity contribution in [2.45, 2.75) is 25.3 Å². The highest BCUT2D eigenvalue weighted by molar-refractivity contribution is 6.21. The lowest BCUT2D eigenvalue weighted by Gasteiger charge is -2.23. The van der Waals surface area contributed by atoms with Crippen molar-refractivity contribution in [1.29, 1.82) is 0 Å². The van der Waals surface area contributed by atoms with Gasteiger partial charge in [-0.25, -0.2) is 4.79 Å². The maximum Gasteiger partial charge on any atom is 0.352 e. The quantitative estimate of drug-likeness (QED) is 0.810. The van der Waals surface area contributed by atoms with E-state index in [4.69, 9.17) is 4.84 Å². The van der Waals surface area contributed by atoms with Gasteiger partial charge in [0.05, 0.1) is 11.1 Å². The third-order valence-corrected chi connectivity index (χ3v) is 3.75. The first-order valence-corrected chi connectivity index (χ1v) is 6.48. The van der Waals surface area contributed by atoms with Gasteiger partial charge in [0.1, 0.15) is 5.54 Å². The molecule has 1 aromatic rings. The summed E-state index contributed by atoms with van der Waals surface area (Å²) in [6.07, 6.45) is 1.47. The number of carbonyl (C=O) groups is 3. The highest BCUT2D eigenvalue weighted by Gasteiger charge is 2.44. The average molecular weight is 274 g/mol. The Morgan fingerprint density at radius 3 is 2.35 bits per heavy atom. The number of nitrogens with one attached hydrogen (secondary N) is 1. The van der Waals surface area contributed by atoms with Crippen LogP contribution in [-0.2, 0) is 9.63 Å². The summed E-state index contributed by atoms with van der Waals surface area (Å²) in [5.74, 6) is -1.80. The molecule has 0 saturated carbocycles. The van der Waals surface area contributed by atoms with Crippen molar-refractivity contribution in [3.05, 3.63) is 35.4 Å². The van der Waals surface area contributed by atoms with Gasteiger partial charge in [-0.05, 0) is 38.4 Å². The van der Waals surface area contributed by atoms with E-state index >= 15 is 0 Å². The molecule has 1 saturated heterocycles. The van der Waals surface area contributed by atoms with E-state index in [1.165, 1.54) is 0 Å². The topological polar surface area (TPSA) is 75.7 Å². The molecule has 1 atom stereocenters. The highest BCUT2D eigenvalue weighted by atomic mass is 16.7. The van der Waals surface area contributed by atoms with Crippen molar-refractivity contribution in [3.63, 3.8) is 0 Å². The second-order valence-electron chi connectivity index (χ2n) is 5.19. The molecule has 1 unspecified atom stereocenters. The Bertz CT molecular complexity index is 570. The van der Waals surface area contributed by atoms with Gasteiger partial charge in [0.25, 0.3) is 11.8 Å². The molecule has 0 bridgehead atoms. The van der Waals surface area contributed by atoms with Gasteiger partial charge >= 0.3 is 5.97 Å². The Morgan fingerprint density at radius 2 is 1.85 bits per heavy atom. The van der Waals surface area contributed by atoms with Crippen LogP contribution in [0.3, 0.4) is 0 Å². The van der Waals surface area contributed by atoms with E-state index in [1.807, 2.05) is 0 Å². The van der Waals surface area contributed by atoms with Gasteiger partial charge in [0, 0.05) is 0 Å². The third kappa shape index (κ3) is 1.80. The second kappa shape index (κ2) is 4.42. The van der Waals surface area contributed by atoms with Crippen LogP contribution < -0.4 is 5.32 Å². The number of hydroxylamine groups is 2. The van der Waals surface area contributed by atoms with Crippen LogP contribution in [0, 0.1) is 0 Å². The number of hydrogen-bond acceptors (Lipinski definition) is 5. The van der Waals surface area contributed by atoms with Gasteiger partial charge < -0.3 is 10.2 Å². The Balaban J connectivity index is 1.82. The molecule has 3 rings (SSSR count). The lowest BCUT2D eigenvalue weighted by atomic mass is 10.0. The first-order valence-electron chi connectivity index (χ1n) is 6.48. The molecular weight excluding hydrogens is 260 g/mol. The van der Waals surface area contributed by atoms with E-state index < -0.39 is 23.3 Å². The van der Waals surface area contributed by atoms with Crippen LogP contribution in [0.5, 0.6) is 0 Å². The largest absolute Gasteiger partial charge is 0.352 e. The molecule has 1 fully saturated rings. The van der Waals surface area contributed by atoms with Gasteiger partial charge in [-0.2, -0.15) is 0 Å². The molecule has 6 nitrogen and oxygen atoms in total. The predicted molar refractivity (Wildman–Crippen MR) is 68.7 cm³/mol. The summed E-state index contributed by atoms with van der Waals surface area (Å²) in [6, 6.07) is 6.40. The zero-order chi connectivity index (χ0) is 14.3. The van der Waals surface area contributed by atoms with E-state index in [0.717, 1.165) is 6.42 Å². The van der Waals surface area contributed by atoms with Gasteiger partial charge in [-0.3, -0.25) is 9.59 Å². The third-order valence-electron chi connectivity index (χ3n) is 3.75. The molecule has 2 aliphatic rings. The van der Waals surface area contributed by atoms with Crippen molar-refractivity contribution >= 4 is 17.8 Å². The van der Waals surface area contributed by atoms with Crippen molar-refractivity contribution in [3.8, 4) is 0 Å². The first kappa shape index (κ1) is 12.8. The predicted octanol–water partition coefficient (Wildman–Crippen LogP) is 0.883. The number of carbonyl (C=O) groups excluding carboxylic acids is 3. The van der Waals surface area contributed by atoms with E-state index in [9.17, 15) is 14.4 Å². The summed E-state index contributed by atoms with van der Waals surface area (Å²) in [7, 11) is 0. The number of benzene rings is 1. The molecule has 0 radical (unpaired) electrons. The summed E-state index contributed by atoms with van der Waals surface area (Å²) in [5, 5.41) is 3.59. The number of amides is 2. The van der Waals surface area contributed by atoms with Gasteiger partial charge in [0.15, 0.2) is 0 Å². The van der Waals surface area contributed by atoms with Crippen LogP contribution in [0.1, 0.15) is 40.5 Å². The molecule has 20 heavy (non-hydrogen) atoms. The van der Waals surface area contributed by atoms with E-state index in [2.05, 4.69) is 5.32 Å². The minimum atomic E-state index is -0.838. The fourth-order valence-electron chi connectivity index (χ4n) is 2.50. The Hall–Kier alpha value is -2.21. The van der Waals surface area contributed by atoms with Crippen LogP contribution in [0.15, 0.2) is 24.3 Å². The first-order chi connectivity index (χ1) is 9.53. The average Bonchev–Trinajstić information content (AvgIpc) is 2.99. The van der Waals surface area contributed by atoms with E-state index in [-0.39, 0.29) is 11.1 Å². The van der Waals surface area contributed by atoms with Crippen molar-refractivity contribution in [1.82, 2.24) is 10.4 Å². The fraction of sp³-hybridized carbons (Fsp3) is 0.357. The number of fused-ring (bicyclic) bond motifs is 1. The zero-order valence-electron chi connectivity index (χ0n) is 11.0. The lowest BCUT2D eigenvalue weighted by Crippen LogP contribution is -2.49. The molecule has 2 heterocycles. The fourth-order valence-corrected chi connectivity index (χ4v) is 2.50. The Kier molecular flexibility index (Phi) is 2.83. The smallest absolute Gasteiger partial charge is 0.328 e. The molecule has 0 aliphatic carbocycles. The van der Waals surface area contributed by atoms with Gasteiger partial charge in [-0.1, -0.05) is 17.2 Å². The molecule has 1 aromatic carbocycles. The summed E-state index contributed by atoms with van der Waals surface area (Å²) < 4.78 is 0. The molecule has 0 spiro atoms. The van der Waals surface area contributed by atoms with Crippen molar-refractivity contribution in [2.75, 3.05) is 6.54 Å². The van der Waals surface area contributed by atoms with Crippen LogP contribution in [0.4, 0.5) is 0 Å². The Morgan fingerprint density at radius 1 is 1.25 bits per heavy atom. The summed E-state index contributed by atoms with van der Waals surface area (Å²) in [6.45, 7) is 2.42. The van der Waals surface area contributed by atoms with Crippen LogP contribution in [0.25, 0.3) is 0 Å². The maximum absolute atomic E-state index is 12.1. The number of imide groups is 1. The molecule has 6 heteroatoms. The van der Waals surface area contributed by atoms with E-state index in [0.29, 0.717) is 18.0 Å². The summed E-state index contributed by atoms with van der Waals surface area (Å²) >= 11 is 0. The SMILES string of the molecule is CC1(C(=O)ON2C(=O)c3ccccc3C2=O)CCCN1. The maximum atomic E-state index is 12.1. The second-order valence-corrected chi connectivity index (χ2v) is 5.19. The molecule has 1 N–H and O–H groups in total. The van der Waals surface area contributed by atoms with Crippen molar-refractivity contribution in [2.24, 2.45) is 0 Å². The number of nitrogens with zero attached hydrogens (tertiary/aromatic N) is 1. The summed E-state index contributed by atoms with van der Waals surface area (Å²) in [5.41, 5.74) is -0.320. The van der Waals surface area contributed by atoms with Gasteiger partial charge in [-0.15, -0.1) is 0 Å². The monoisotopic (exact) mass is 274 g/mol. The molecule has 2 amide bonds. The Labute approximate surface area is 115 Å². The van der Waals surface area contributed by atoms with Crippen LogP contribution in [-0.4, -0.2) is 34.9 Å². The molecule has 104 valence electrons. The van der Waals surface area contributed by atoms with Crippen molar-refractivity contribution < 1.29 is 19.2 Å². The number of rotatable bonds is 2. The lowest BCUT2D eigenvalue weighted by molar-refractivity contribution is -0.175.